The van der Waals surface area contributed by atoms with Crippen LogP contribution >= 0.6 is 0 Å². The lowest BCUT2D eigenvalue weighted by molar-refractivity contribution is -0.185. The Labute approximate surface area is 89.7 Å². The zero-order valence-electron chi connectivity index (χ0n) is 9.88. The Hall–Kier alpha value is 0.0969. The molecular weight excluding hydrogens is 194 g/mol. The number of hydrogen-bond donors (Lipinski definition) is 0. The highest BCUT2D eigenvalue weighted by Gasteiger charge is 2.42. The van der Waals surface area contributed by atoms with E-state index < -0.39 is 0 Å². The van der Waals surface area contributed by atoms with E-state index >= 15 is 0 Å². The molecule has 84 valence electrons. The fraction of sp³-hybridized carbons (Fsp3) is 1.00. The molecule has 1 aliphatic heterocycles. The van der Waals surface area contributed by atoms with Crippen LogP contribution in [0.4, 0.5) is 0 Å². The van der Waals surface area contributed by atoms with Gasteiger partial charge in [-0.2, -0.15) is 0 Å². The van der Waals surface area contributed by atoms with Crippen LogP contribution in [0.2, 0.25) is 6.04 Å². The molecule has 2 atom stereocenters. The summed E-state index contributed by atoms with van der Waals surface area (Å²) < 4.78 is 13.7. The summed E-state index contributed by atoms with van der Waals surface area (Å²) in [7, 11) is 3.44. The summed E-state index contributed by atoms with van der Waals surface area (Å²) in [6.07, 6.45) is 2.60. The van der Waals surface area contributed by atoms with Crippen molar-refractivity contribution in [2.75, 3.05) is 20.8 Å². The Bertz CT molecular complexity index is 178. The summed E-state index contributed by atoms with van der Waals surface area (Å²) in [4.78, 5) is 0. The van der Waals surface area contributed by atoms with E-state index in [9.17, 15) is 0 Å². The number of nitrogens with zero attached hydrogens (tertiary/aromatic N) is 1. The van der Waals surface area contributed by atoms with Crippen LogP contribution in [0.1, 0.15) is 26.7 Å². The third-order valence-corrected chi connectivity index (χ3v) is 5.24. The van der Waals surface area contributed by atoms with Gasteiger partial charge in [-0.05, 0) is 26.3 Å². The summed E-state index contributed by atoms with van der Waals surface area (Å²) in [5.41, 5.74) is -0.171. The van der Waals surface area contributed by atoms with Gasteiger partial charge in [-0.3, -0.25) is 0 Å². The Morgan fingerprint density at radius 1 is 1.50 bits per heavy atom. The van der Waals surface area contributed by atoms with Crippen LogP contribution in [0.3, 0.4) is 0 Å². The van der Waals surface area contributed by atoms with Crippen molar-refractivity contribution in [3.05, 3.63) is 0 Å². The smallest absolute Gasteiger partial charge is 0.138 e. The topological polar surface area (TPSA) is 21.7 Å². The van der Waals surface area contributed by atoms with Gasteiger partial charge in [0.15, 0.2) is 0 Å². The van der Waals surface area contributed by atoms with Gasteiger partial charge >= 0.3 is 0 Å². The van der Waals surface area contributed by atoms with Crippen molar-refractivity contribution < 1.29 is 9.47 Å². The van der Waals surface area contributed by atoms with Crippen LogP contribution in [-0.4, -0.2) is 46.8 Å². The molecule has 0 radical (unpaired) electrons. The highest BCUT2D eigenvalue weighted by Crippen LogP contribution is 2.30. The quantitative estimate of drug-likeness (QED) is 0.655. The van der Waals surface area contributed by atoms with Crippen LogP contribution in [0.15, 0.2) is 0 Å². The Kier molecular flexibility index (Phi) is 4.57. The Balaban J connectivity index is 2.72. The van der Waals surface area contributed by atoms with E-state index in [0.29, 0.717) is 0 Å². The average Bonchev–Trinajstić information content (AvgIpc) is 2.21. The number of ether oxygens (including phenoxy) is 2. The van der Waals surface area contributed by atoms with Crippen LogP contribution in [0.25, 0.3) is 0 Å². The first-order valence-corrected chi connectivity index (χ1v) is 7.15. The molecule has 0 bridgehead atoms. The lowest BCUT2D eigenvalue weighted by Gasteiger charge is -2.48. The molecule has 0 saturated carbocycles. The van der Waals surface area contributed by atoms with Crippen LogP contribution in [0, 0.1) is 0 Å². The summed E-state index contributed by atoms with van der Waals surface area (Å²) in [5.74, 6) is 0. The van der Waals surface area contributed by atoms with Gasteiger partial charge < -0.3 is 14.0 Å². The predicted molar refractivity (Wildman–Crippen MR) is 61.2 cm³/mol. The first-order valence-electron chi connectivity index (χ1n) is 5.52. The van der Waals surface area contributed by atoms with Gasteiger partial charge in [0, 0.05) is 14.2 Å². The fourth-order valence-corrected chi connectivity index (χ4v) is 4.13. The fourth-order valence-electron chi connectivity index (χ4n) is 2.36. The maximum absolute atomic E-state index is 5.68. The van der Waals surface area contributed by atoms with Crippen LogP contribution in [0.5, 0.6) is 0 Å². The minimum Gasteiger partial charge on any atom is -0.377 e. The molecule has 0 spiro atoms. The van der Waals surface area contributed by atoms with E-state index in [1.54, 1.807) is 14.2 Å². The molecule has 0 N–H and O–H groups in total. The van der Waals surface area contributed by atoms with E-state index in [1.807, 2.05) is 0 Å². The SMILES string of the molecule is CC[SiH2]N1CCCC(OC)C1(C)OC. The summed E-state index contributed by atoms with van der Waals surface area (Å²) in [5, 5.41) is 0. The van der Waals surface area contributed by atoms with Crippen LogP contribution in [-0.2, 0) is 9.47 Å². The lowest BCUT2D eigenvalue weighted by atomic mass is 9.99. The van der Waals surface area contributed by atoms with E-state index in [0.717, 1.165) is 6.42 Å². The molecule has 1 aliphatic rings. The molecule has 0 amide bonds. The molecule has 14 heavy (non-hydrogen) atoms. The molecule has 4 heteroatoms. The van der Waals surface area contributed by atoms with Gasteiger partial charge in [-0.15, -0.1) is 0 Å². The van der Waals surface area contributed by atoms with Crippen molar-refractivity contribution in [1.29, 1.82) is 0 Å². The predicted octanol–water partition coefficient (Wildman–Crippen LogP) is 0.982. The van der Waals surface area contributed by atoms with Gasteiger partial charge in [0.1, 0.15) is 5.72 Å². The van der Waals surface area contributed by atoms with Crippen molar-refractivity contribution >= 4 is 9.68 Å². The summed E-state index contributed by atoms with van der Waals surface area (Å²) in [6.45, 7) is 5.62. The number of piperidine rings is 1. The van der Waals surface area contributed by atoms with Crippen molar-refractivity contribution in [3.8, 4) is 0 Å². The van der Waals surface area contributed by atoms with Gasteiger partial charge in [0.05, 0.1) is 15.8 Å². The third kappa shape index (κ3) is 2.19. The second kappa shape index (κ2) is 5.26. The Morgan fingerprint density at radius 3 is 2.71 bits per heavy atom. The third-order valence-electron chi connectivity index (χ3n) is 3.31. The first-order chi connectivity index (χ1) is 6.69. The maximum atomic E-state index is 5.68. The highest BCUT2D eigenvalue weighted by atomic mass is 28.2. The number of hydrogen-bond acceptors (Lipinski definition) is 3. The number of methoxy groups -OCH3 is 2. The second-order valence-corrected chi connectivity index (χ2v) is 6.32. The van der Waals surface area contributed by atoms with Crippen molar-refractivity contribution in [2.24, 2.45) is 0 Å². The molecule has 1 rings (SSSR count). The molecule has 1 saturated heterocycles. The van der Waals surface area contributed by atoms with Gasteiger partial charge in [0.2, 0.25) is 0 Å². The maximum Gasteiger partial charge on any atom is 0.138 e. The van der Waals surface area contributed by atoms with Crippen molar-refractivity contribution in [2.45, 2.75) is 44.6 Å². The van der Waals surface area contributed by atoms with E-state index in [1.165, 1.54) is 19.0 Å². The zero-order valence-corrected chi connectivity index (χ0v) is 11.3. The molecule has 0 aromatic carbocycles. The van der Waals surface area contributed by atoms with E-state index in [2.05, 4.69) is 18.4 Å². The van der Waals surface area contributed by atoms with Crippen molar-refractivity contribution in [1.82, 2.24) is 4.57 Å². The number of rotatable bonds is 4. The van der Waals surface area contributed by atoms with Crippen molar-refractivity contribution in [3.63, 3.8) is 0 Å². The normalized spacial score (nSPS) is 35.6. The summed E-state index contributed by atoms with van der Waals surface area (Å²) >= 11 is 0. The minimum absolute atomic E-state index is 0.152. The van der Waals surface area contributed by atoms with Gasteiger partial charge in [0.25, 0.3) is 0 Å². The molecule has 3 nitrogen and oxygen atoms in total. The van der Waals surface area contributed by atoms with E-state index in [4.69, 9.17) is 9.47 Å². The highest BCUT2D eigenvalue weighted by molar-refractivity contribution is 6.32. The van der Waals surface area contributed by atoms with E-state index in [-0.39, 0.29) is 21.5 Å². The molecule has 1 fully saturated rings. The second-order valence-electron chi connectivity index (χ2n) is 4.11. The zero-order chi connectivity index (χ0) is 10.6. The molecule has 1 heterocycles. The molecule has 0 aromatic rings. The largest absolute Gasteiger partial charge is 0.377 e. The summed E-state index contributed by atoms with van der Waals surface area (Å²) in [6, 6.07) is 1.30. The monoisotopic (exact) mass is 217 g/mol. The van der Waals surface area contributed by atoms with Crippen LogP contribution < -0.4 is 0 Å². The minimum atomic E-state index is -0.171. The van der Waals surface area contributed by atoms with Gasteiger partial charge in [-0.1, -0.05) is 13.0 Å². The van der Waals surface area contributed by atoms with Gasteiger partial charge in [-0.25, -0.2) is 0 Å². The Morgan fingerprint density at radius 2 is 2.21 bits per heavy atom. The molecule has 0 aliphatic carbocycles. The average molecular weight is 217 g/mol. The standard InChI is InChI=1S/C10H23NO2Si/c1-5-14-11-8-6-7-9(12-3)10(11,2)13-4/h9H,5-8,14H2,1-4H3. The molecular formula is C10H23NO2Si. The molecule has 0 aromatic heterocycles. The molecule has 2 unspecified atom stereocenters. The first kappa shape index (κ1) is 12.2. The lowest BCUT2D eigenvalue weighted by Crippen LogP contribution is -2.60.